The molecule has 2 aromatic rings. The number of hydrogen-bond acceptors (Lipinski definition) is 3. The van der Waals surface area contributed by atoms with E-state index in [1.54, 1.807) is 34.9 Å². The number of carbonyl (C=O) groups is 3. The molecule has 40 heavy (non-hydrogen) atoms. The smallest absolute Gasteiger partial charge is 0.319 e. The highest BCUT2D eigenvalue weighted by molar-refractivity contribution is 6.43. The van der Waals surface area contributed by atoms with Gasteiger partial charge >= 0.3 is 6.03 Å². The number of nitrogens with zero attached hydrogens (tertiary/aromatic N) is 4. The van der Waals surface area contributed by atoms with Crippen LogP contribution in [0.3, 0.4) is 0 Å². The molecule has 5 rings (SSSR count). The Balaban J connectivity index is 1.47. The van der Waals surface area contributed by atoms with Gasteiger partial charge in [0.1, 0.15) is 0 Å². The second-order valence-electron chi connectivity index (χ2n) is 11.4. The zero-order valence-electron chi connectivity index (χ0n) is 23.4. The summed E-state index contributed by atoms with van der Waals surface area (Å²) >= 11 is 13.6. The predicted molar refractivity (Wildman–Crippen MR) is 159 cm³/mol. The summed E-state index contributed by atoms with van der Waals surface area (Å²) < 4.78 is 0. The van der Waals surface area contributed by atoms with E-state index in [-0.39, 0.29) is 23.8 Å². The molecule has 9 heteroatoms. The molecule has 0 spiro atoms. The quantitative estimate of drug-likeness (QED) is 0.444. The zero-order chi connectivity index (χ0) is 28.4. The lowest BCUT2D eigenvalue weighted by Crippen LogP contribution is -2.53. The van der Waals surface area contributed by atoms with Crippen molar-refractivity contribution < 1.29 is 14.4 Å². The number of amides is 4. The zero-order valence-corrected chi connectivity index (χ0v) is 24.9. The van der Waals surface area contributed by atoms with Crippen molar-refractivity contribution >= 4 is 41.0 Å². The third kappa shape index (κ3) is 5.82. The third-order valence-electron chi connectivity index (χ3n) is 8.65. The largest absolute Gasteiger partial charge is 0.339 e. The summed E-state index contributed by atoms with van der Waals surface area (Å²) in [7, 11) is 3.46. The number of rotatable bonds is 5. The summed E-state index contributed by atoms with van der Waals surface area (Å²) in [5, 5.41) is 0.720. The average Bonchev–Trinajstić information content (AvgIpc) is 3.35. The van der Waals surface area contributed by atoms with Gasteiger partial charge in [-0.25, -0.2) is 4.79 Å². The Hall–Kier alpha value is -2.77. The van der Waals surface area contributed by atoms with Crippen molar-refractivity contribution in [1.29, 1.82) is 0 Å². The number of halogens is 2. The molecule has 1 aliphatic carbocycles. The van der Waals surface area contributed by atoms with Gasteiger partial charge in [0.15, 0.2) is 0 Å². The van der Waals surface area contributed by atoms with Crippen LogP contribution in [0, 0.1) is 5.92 Å². The first-order chi connectivity index (χ1) is 19.3. The Morgan fingerprint density at radius 1 is 0.900 bits per heavy atom. The van der Waals surface area contributed by atoms with E-state index in [1.165, 1.54) is 19.3 Å². The second kappa shape index (κ2) is 12.4. The van der Waals surface area contributed by atoms with Crippen LogP contribution in [0.15, 0.2) is 36.4 Å². The van der Waals surface area contributed by atoms with Gasteiger partial charge in [0.05, 0.1) is 15.6 Å². The van der Waals surface area contributed by atoms with Crippen molar-refractivity contribution in [3.8, 4) is 11.1 Å². The number of likely N-dealkylation sites (tertiary alicyclic amines) is 1. The Morgan fingerprint density at radius 2 is 1.55 bits per heavy atom. The average molecular weight is 586 g/mol. The van der Waals surface area contributed by atoms with Crippen molar-refractivity contribution in [3.05, 3.63) is 57.6 Å². The maximum atomic E-state index is 14.3. The van der Waals surface area contributed by atoms with Crippen molar-refractivity contribution in [2.45, 2.75) is 51.0 Å². The van der Waals surface area contributed by atoms with Gasteiger partial charge in [-0.05, 0) is 48.4 Å². The maximum absolute atomic E-state index is 14.3. The van der Waals surface area contributed by atoms with Crippen LogP contribution in [0.2, 0.25) is 10.0 Å². The van der Waals surface area contributed by atoms with Crippen LogP contribution in [-0.2, 0) is 11.2 Å². The topological polar surface area (TPSA) is 64.2 Å². The Morgan fingerprint density at radius 3 is 2.20 bits per heavy atom. The Kier molecular flexibility index (Phi) is 8.91. The molecule has 3 fully saturated rings. The lowest BCUT2D eigenvalue weighted by molar-refractivity contribution is -0.133. The van der Waals surface area contributed by atoms with Crippen LogP contribution in [0.5, 0.6) is 0 Å². The van der Waals surface area contributed by atoms with Crippen LogP contribution in [-0.4, -0.2) is 90.3 Å². The first kappa shape index (κ1) is 28.7. The standard InChI is InChI=1S/C31H38Cl2N4O3/c1-34(2)31(40)36-17-15-35(16-18-36)30(39)27-24(21-9-5-3-6-10-21)20-26(32)28(33)25(27)19-22-13-14-37(29(22)38)23-11-7-4-8-12-23/h3,5-6,9-10,20,22-23H,4,7-8,11-19H2,1-2H3. The normalized spacial score (nSPS) is 20.2. The maximum Gasteiger partial charge on any atom is 0.319 e. The van der Waals surface area contributed by atoms with Crippen LogP contribution in [0.4, 0.5) is 4.79 Å². The van der Waals surface area contributed by atoms with Crippen molar-refractivity contribution in [3.63, 3.8) is 0 Å². The Labute approximate surface area is 247 Å². The summed E-state index contributed by atoms with van der Waals surface area (Å²) in [5.74, 6) is -0.208. The van der Waals surface area contributed by atoms with Gasteiger partial charge in [0, 0.05) is 58.8 Å². The monoisotopic (exact) mass is 584 g/mol. The van der Waals surface area contributed by atoms with Gasteiger partial charge in [-0.1, -0.05) is 72.8 Å². The van der Waals surface area contributed by atoms with Crippen LogP contribution >= 0.6 is 23.2 Å². The molecule has 2 heterocycles. The van der Waals surface area contributed by atoms with Crippen molar-refractivity contribution in [2.75, 3.05) is 46.8 Å². The molecule has 4 amide bonds. The summed E-state index contributed by atoms with van der Waals surface area (Å²) in [6.45, 7) is 2.51. The minimum absolute atomic E-state index is 0.0606. The van der Waals surface area contributed by atoms with E-state index in [0.717, 1.165) is 36.9 Å². The molecule has 0 radical (unpaired) electrons. The molecule has 2 saturated heterocycles. The lowest BCUT2D eigenvalue weighted by atomic mass is 9.88. The van der Waals surface area contributed by atoms with Gasteiger partial charge in [0.25, 0.3) is 5.91 Å². The van der Waals surface area contributed by atoms with Gasteiger partial charge in [0.2, 0.25) is 5.91 Å². The van der Waals surface area contributed by atoms with E-state index in [2.05, 4.69) is 4.90 Å². The first-order valence-corrected chi connectivity index (χ1v) is 15.1. The van der Waals surface area contributed by atoms with Gasteiger partial charge < -0.3 is 19.6 Å². The molecule has 2 aromatic carbocycles. The summed E-state index contributed by atoms with van der Waals surface area (Å²) in [6.07, 6.45) is 6.85. The van der Waals surface area contributed by atoms with Gasteiger partial charge in [-0.2, -0.15) is 0 Å². The van der Waals surface area contributed by atoms with E-state index in [4.69, 9.17) is 23.2 Å². The fraction of sp³-hybridized carbons (Fsp3) is 0.516. The Bertz CT molecular complexity index is 1250. The molecule has 214 valence electrons. The van der Waals surface area contributed by atoms with Crippen molar-refractivity contribution in [2.24, 2.45) is 5.92 Å². The number of benzene rings is 2. The fourth-order valence-corrected chi connectivity index (χ4v) is 6.91. The molecule has 1 atom stereocenters. The number of hydrogen-bond donors (Lipinski definition) is 0. The molecule has 1 unspecified atom stereocenters. The second-order valence-corrected chi connectivity index (χ2v) is 12.2. The number of urea groups is 1. The molecule has 1 saturated carbocycles. The van der Waals surface area contributed by atoms with E-state index in [0.29, 0.717) is 59.8 Å². The molecule has 3 aliphatic rings. The summed E-state index contributed by atoms with van der Waals surface area (Å²) in [5.41, 5.74) is 2.75. The molecule has 0 aromatic heterocycles. The fourth-order valence-electron chi connectivity index (χ4n) is 6.46. The van der Waals surface area contributed by atoms with Crippen LogP contribution in [0.25, 0.3) is 11.1 Å². The lowest BCUT2D eigenvalue weighted by Gasteiger charge is -2.36. The molecule has 7 nitrogen and oxygen atoms in total. The predicted octanol–water partition coefficient (Wildman–Crippen LogP) is 5.82. The van der Waals surface area contributed by atoms with Gasteiger partial charge in [-0.3, -0.25) is 9.59 Å². The molecule has 2 aliphatic heterocycles. The van der Waals surface area contributed by atoms with Gasteiger partial charge in [-0.15, -0.1) is 0 Å². The van der Waals surface area contributed by atoms with E-state index < -0.39 is 0 Å². The molecular weight excluding hydrogens is 547 g/mol. The number of piperazine rings is 1. The highest BCUT2D eigenvalue weighted by Crippen LogP contribution is 2.40. The van der Waals surface area contributed by atoms with Crippen LogP contribution in [0.1, 0.15) is 54.4 Å². The van der Waals surface area contributed by atoms with Crippen molar-refractivity contribution in [1.82, 2.24) is 19.6 Å². The molecule has 0 N–H and O–H groups in total. The highest BCUT2D eigenvalue weighted by Gasteiger charge is 2.38. The molecule has 0 bridgehead atoms. The SMILES string of the molecule is CN(C)C(=O)N1CCN(C(=O)c2c(-c3ccccc3)cc(Cl)c(Cl)c2CC2CCN(C3CCCCC3)C2=O)CC1. The minimum Gasteiger partial charge on any atom is -0.339 e. The van der Waals surface area contributed by atoms with E-state index in [9.17, 15) is 14.4 Å². The number of carbonyl (C=O) groups excluding carboxylic acids is 3. The highest BCUT2D eigenvalue weighted by atomic mass is 35.5. The first-order valence-electron chi connectivity index (χ1n) is 14.4. The third-order valence-corrected chi connectivity index (χ3v) is 9.48. The minimum atomic E-state index is -0.234. The van der Waals surface area contributed by atoms with Crippen LogP contribution < -0.4 is 0 Å². The summed E-state index contributed by atoms with van der Waals surface area (Å²) in [4.78, 5) is 47.5. The molecular formula is C31H38Cl2N4O3. The summed E-state index contributed by atoms with van der Waals surface area (Å²) in [6, 6.07) is 11.7. The van der Waals surface area contributed by atoms with E-state index >= 15 is 0 Å². The van der Waals surface area contributed by atoms with E-state index in [1.807, 2.05) is 30.3 Å².